The van der Waals surface area contributed by atoms with Gasteiger partial charge in [-0.05, 0) is 31.0 Å². The summed E-state index contributed by atoms with van der Waals surface area (Å²) in [6.45, 7) is 0.140. The summed E-state index contributed by atoms with van der Waals surface area (Å²) in [5.74, 6) is -0.377. The van der Waals surface area contributed by atoms with Gasteiger partial charge in [0.05, 0.1) is 5.69 Å². The molecule has 110 valence electrons. The monoisotopic (exact) mass is 368 g/mol. The van der Waals surface area contributed by atoms with Gasteiger partial charge >= 0.3 is 5.97 Å². The van der Waals surface area contributed by atoms with Gasteiger partial charge in [-0.1, -0.05) is 33.6 Å². The van der Waals surface area contributed by atoms with Gasteiger partial charge in [-0.2, -0.15) is 0 Å². The molecule has 2 aromatic rings. The summed E-state index contributed by atoms with van der Waals surface area (Å²) in [7, 11) is 0. The molecule has 6 heteroatoms. The van der Waals surface area contributed by atoms with Gasteiger partial charge in [0.1, 0.15) is 12.3 Å². The fourth-order valence-electron chi connectivity index (χ4n) is 2.17. The molecule has 1 fully saturated rings. The van der Waals surface area contributed by atoms with Crippen molar-refractivity contribution in [3.63, 3.8) is 0 Å². The van der Waals surface area contributed by atoms with Crippen LogP contribution in [0.25, 0.3) is 0 Å². The van der Waals surface area contributed by atoms with Crippen LogP contribution >= 0.6 is 27.5 Å². The van der Waals surface area contributed by atoms with Gasteiger partial charge in [0, 0.05) is 27.3 Å². The first-order chi connectivity index (χ1) is 10.0. The fourth-order valence-corrected chi connectivity index (χ4v) is 2.90. The van der Waals surface area contributed by atoms with Gasteiger partial charge in [0.25, 0.3) is 0 Å². The van der Waals surface area contributed by atoms with Crippen molar-refractivity contribution in [2.75, 3.05) is 5.73 Å². The zero-order valence-electron chi connectivity index (χ0n) is 11.2. The number of benzene rings is 1. The first kappa shape index (κ1) is 14.5. The molecule has 0 aliphatic heterocycles. The number of anilines is 1. The summed E-state index contributed by atoms with van der Waals surface area (Å²) in [6, 6.07) is 7.49. The number of halogens is 2. The lowest BCUT2D eigenvalue weighted by atomic mass is 10.2. The summed E-state index contributed by atoms with van der Waals surface area (Å²) >= 11 is 9.45. The Kier molecular flexibility index (Phi) is 3.95. The van der Waals surface area contributed by atoms with Crippen molar-refractivity contribution in [1.82, 2.24) is 4.57 Å². The van der Waals surface area contributed by atoms with Crippen molar-refractivity contribution in [3.05, 3.63) is 51.2 Å². The molecule has 0 saturated heterocycles. The number of carbonyl (C=O) groups excluding carboxylic acids is 1. The van der Waals surface area contributed by atoms with Crippen LogP contribution in [0, 0.1) is 0 Å². The van der Waals surface area contributed by atoms with E-state index in [0.717, 1.165) is 22.9 Å². The molecule has 0 atom stereocenters. The second kappa shape index (κ2) is 5.73. The molecule has 0 unspecified atom stereocenters. The molecule has 0 radical (unpaired) electrons. The smallest absolute Gasteiger partial charge is 0.355 e. The van der Waals surface area contributed by atoms with Crippen molar-refractivity contribution >= 4 is 39.2 Å². The third-order valence-corrected chi connectivity index (χ3v) is 4.24. The number of rotatable bonds is 4. The van der Waals surface area contributed by atoms with E-state index in [0.29, 0.717) is 22.4 Å². The maximum atomic E-state index is 12.2. The Labute approximate surface area is 136 Å². The van der Waals surface area contributed by atoms with Crippen LogP contribution in [0.1, 0.15) is 34.9 Å². The van der Waals surface area contributed by atoms with Crippen molar-refractivity contribution in [3.8, 4) is 0 Å². The van der Waals surface area contributed by atoms with Crippen LogP contribution in [0.15, 0.2) is 34.9 Å². The van der Waals surface area contributed by atoms with E-state index >= 15 is 0 Å². The van der Waals surface area contributed by atoms with Crippen LogP contribution in [-0.4, -0.2) is 10.5 Å². The van der Waals surface area contributed by atoms with Crippen LogP contribution in [0.3, 0.4) is 0 Å². The van der Waals surface area contributed by atoms with E-state index < -0.39 is 0 Å². The van der Waals surface area contributed by atoms with Gasteiger partial charge in [0.2, 0.25) is 0 Å². The second-order valence-corrected chi connectivity index (χ2v) is 6.43. The second-order valence-electron chi connectivity index (χ2n) is 5.11. The Morgan fingerprint density at radius 1 is 1.43 bits per heavy atom. The van der Waals surface area contributed by atoms with Gasteiger partial charge in [0.15, 0.2) is 0 Å². The molecule has 0 amide bonds. The number of ether oxygens (including phenoxy) is 1. The van der Waals surface area contributed by atoms with E-state index in [1.165, 1.54) is 0 Å². The van der Waals surface area contributed by atoms with Crippen LogP contribution in [0.5, 0.6) is 0 Å². The standard InChI is InChI=1S/C15H14BrClN2O2/c16-10-2-1-9(13(17)5-10)8-21-15(20)14-6-11(18)7-19(14)12-3-4-12/h1-2,5-7,12H,3-4,8,18H2. The quantitative estimate of drug-likeness (QED) is 0.823. The molecular formula is C15H14BrClN2O2. The van der Waals surface area contributed by atoms with Gasteiger partial charge < -0.3 is 15.0 Å². The van der Waals surface area contributed by atoms with E-state index in [-0.39, 0.29) is 12.6 Å². The number of nitrogens with zero attached hydrogens (tertiary/aromatic N) is 1. The van der Waals surface area contributed by atoms with Crippen LogP contribution in [0.4, 0.5) is 5.69 Å². The van der Waals surface area contributed by atoms with E-state index in [9.17, 15) is 4.79 Å². The summed E-state index contributed by atoms with van der Waals surface area (Å²) in [4.78, 5) is 12.2. The highest BCUT2D eigenvalue weighted by atomic mass is 79.9. The van der Waals surface area contributed by atoms with Crippen LogP contribution < -0.4 is 5.73 Å². The van der Waals surface area contributed by atoms with Crippen molar-refractivity contribution in [2.45, 2.75) is 25.5 Å². The normalized spacial score (nSPS) is 14.2. The lowest BCUT2D eigenvalue weighted by molar-refractivity contribution is 0.0460. The Hall–Kier alpha value is -1.46. The molecule has 4 nitrogen and oxygen atoms in total. The molecule has 1 aromatic carbocycles. The minimum atomic E-state index is -0.377. The number of aromatic nitrogens is 1. The minimum Gasteiger partial charge on any atom is -0.456 e. The van der Waals surface area contributed by atoms with Gasteiger partial charge in [-0.15, -0.1) is 0 Å². The molecule has 1 saturated carbocycles. The topological polar surface area (TPSA) is 57.3 Å². The molecule has 1 aromatic heterocycles. The largest absolute Gasteiger partial charge is 0.456 e. The van der Waals surface area contributed by atoms with E-state index in [4.69, 9.17) is 22.1 Å². The van der Waals surface area contributed by atoms with Crippen molar-refractivity contribution in [2.24, 2.45) is 0 Å². The average Bonchev–Trinajstić information content (AvgIpc) is 3.20. The Morgan fingerprint density at radius 2 is 2.19 bits per heavy atom. The lowest BCUT2D eigenvalue weighted by Gasteiger charge is -2.09. The average molecular weight is 370 g/mol. The maximum absolute atomic E-state index is 12.2. The van der Waals surface area contributed by atoms with Gasteiger partial charge in [-0.25, -0.2) is 4.79 Å². The van der Waals surface area contributed by atoms with Crippen LogP contribution in [0.2, 0.25) is 5.02 Å². The molecule has 1 aliphatic carbocycles. The predicted molar refractivity (Wildman–Crippen MR) is 85.4 cm³/mol. The molecule has 1 heterocycles. The third kappa shape index (κ3) is 3.24. The predicted octanol–water partition coefficient (Wildman–Crippen LogP) is 4.18. The molecular weight excluding hydrogens is 356 g/mol. The highest BCUT2D eigenvalue weighted by Gasteiger charge is 2.28. The molecule has 0 bridgehead atoms. The van der Waals surface area contributed by atoms with Crippen molar-refractivity contribution in [1.29, 1.82) is 0 Å². The summed E-state index contributed by atoms with van der Waals surface area (Å²) in [5, 5.41) is 0.564. The first-order valence-corrected chi connectivity index (χ1v) is 7.80. The summed E-state index contributed by atoms with van der Waals surface area (Å²) in [5.41, 5.74) is 7.63. The maximum Gasteiger partial charge on any atom is 0.355 e. The minimum absolute atomic E-state index is 0.140. The zero-order valence-corrected chi connectivity index (χ0v) is 13.5. The summed E-state index contributed by atoms with van der Waals surface area (Å²) < 4.78 is 8.14. The fraction of sp³-hybridized carbons (Fsp3) is 0.267. The third-order valence-electron chi connectivity index (χ3n) is 3.39. The highest BCUT2D eigenvalue weighted by molar-refractivity contribution is 9.10. The van der Waals surface area contributed by atoms with Crippen LogP contribution in [-0.2, 0) is 11.3 Å². The molecule has 0 spiro atoms. The molecule has 2 N–H and O–H groups in total. The summed E-state index contributed by atoms with van der Waals surface area (Å²) in [6.07, 6.45) is 3.95. The molecule has 3 rings (SSSR count). The lowest BCUT2D eigenvalue weighted by Crippen LogP contribution is -2.11. The SMILES string of the molecule is Nc1cc(C(=O)OCc2ccc(Br)cc2Cl)n(C2CC2)c1. The van der Waals surface area contributed by atoms with E-state index in [1.807, 2.05) is 16.7 Å². The zero-order chi connectivity index (χ0) is 15.0. The highest BCUT2D eigenvalue weighted by Crippen LogP contribution is 2.37. The van der Waals surface area contributed by atoms with E-state index in [2.05, 4.69) is 15.9 Å². The Bertz CT molecular complexity index is 695. The Balaban J connectivity index is 1.72. The molecule has 21 heavy (non-hydrogen) atoms. The number of nitrogen functional groups attached to an aromatic ring is 1. The number of hydrogen-bond acceptors (Lipinski definition) is 3. The first-order valence-electron chi connectivity index (χ1n) is 6.63. The molecule has 1 aliphatic rings. The Morgan fingerprint density at radius 3 is 2.86 bits per heavy atom. The van der Waals surface area contributed by atoms with E-state index in [1.54, 1.807) is 18.3 Å². The number of carbonyl (C=O) groups is 1. The van der Waals surface area contributed by atoms with Crippen molar-refractivity contribution < 1.29 is 9.53 Å². The number of esters is 1. The number of hydrogen-bond donors (Lipinski definition) is 1. The number of nitrogens with two attached hydrogens (primary N) is 1. The van der Waals surface area contributed by atoms with Gasteiger partial charge in [-0.3, -0.25) is 0 Å².